The topological polar surface area (TPSA) is 84.6 Å². The lowest BCUT2D eigenvalue weighted by Gasteiger charge is -2.11. The highest BCUT2D eigenvalue weighted by molar-refractivity contribution is 7.99. The zero-order valence-electron chi connectivity index (χ0n) is 10.7. The maximum Gasteiger partial charge on any atom is 0.433 e. The number of hydrogen-bond acceptors (Lipinski definition) is 5. The molecule has 0 atom stereocenters. The van der Waals surface area contributed by atoms with Gasteiger partial charge in [-0.2, -0.15) is 13.2 Å². The second-order valence-corrected chi connectivity index (χ2v) is 5.01. The number of pyridine rings is 1. The third kappa shape index (κ3) is 3.30. The predicted molar refractivity (Wildman–Crippen MR) is 69.3 cm³/mol. The van der Waals surface area contributed by atoms with Gasteiger partial charge >= 0.3 is 6.18 Å². The van der Waals surface area contributed by atoms with Crippen LogP contribution in [-0.2, 0) is 6.18 Å². The van der Waals surface area contributed by atoms with Crippen LogP contribution in [0, 0.1) is 6.92 Å². The summed E-state index contributed by atoms with van der Waals surface area (Å²) in [6, 6.07) is 3.49. The molecule has 0 fully saturated rings. The Morgan fingerprint density at radius 1 is 1.38 bits per heavy atom. The Morgan fingerprint density at radius 3 is 2.62 bits per heavy atom. The highest BCUT2D eigenvalue weighted by Crippen LogP contribution is 2.35. The van der Waals surface area contributed by atoms with E-state index >= 15 is 0 Å². The molecule has 0 saturated carbocycles. The number of amidine groups is 1. The van der Waals surface area contributed by atoms with Crippen molar-refractivity contribution in [1.29, 1.82) is 0 Å². The summed E-state index contributed by atoms with van der Waals surface area (Å²) in [6.45, 7) is 1.67. The molecule has 21 heavy (non-hydrogen) atoms. The molecule has 2 heterocycles. The number of aryl methyl sites for hydroxylation is 1. The van der Waals surface area contributed by atoms with Crippen LogP contribution in [0.1, 0.15) is 17.0 Å². The Hall–Kier alpha value is -2.16. The van der Waals surface area contributed by atoms with Crippen molar-refractivity contribution >= 4 is 17.6 Å². The largest absolute Gasteiger partial charge is 0.468 e. The second kappa shape index (κ2) is 5.68. The molecule has 2 rings (SSSR count). The molecule has 0 amide bonds. The van der Waals surface area contributed by atoms with Crippen molar-refractivity contribution < 1.29 is 22.8 Å². The fourth-order valence-electron chi connectivity index (χ4n) is 1.51. The van der Waals surface area contributed by atoms with Crippen molar-refractivity contribution in [3.8, 4) is 0 Å². The molecular weight excluding hydrogens is 307 g/mol. The average Bonchev–Trinajstić information content (AvgIpc) is 2.82. The number of halogens is 3. The van der Waals surface area contributed by atoms with Gasteiger partial charge in [0, 0.05) is 0 Å². The lowest BCUT2D eigenvalue weighted by atomic mass is 10.2. The van der Waals surface area contributed by atoms with Crippen molar-refractivity contribution in [2.75, 3.05) is 0 Å². The van der Waals surface area contributed by atoms with Crippen molar-refractivity contribution in [3.05, 3.63) is 41.5 Å². The Balaban J connectivity index is 2.51. The van der Waals surface area contributed by atoms with Gasteiger partial charge in [0.05, 0.1) is 16.7 Å². The van der Waals surface area contributed by atoms with E-state index in [1.807, 2.05) is 0 Å². The maximum atomic E-state index is 12.7. The van der Waals surface area contributed by atoms with Crippen LogP contribution in [0.2, 0.25) is 0 Å². The van der Waals surface area contributed by atoms with Gasteiger partial charge < -0.3 is 15.4 Å². The standard InChI is InChI=1S/C12H10F3N3O2S/c1-6-8(4-5-20-6)21-11-7(10(16)18-19)2-3-9(17-11)12(13,14)15/h2-5,19H,1H3,(H2,16,18). The highest BCUT2D eigenvalue weighted by atomic mass is 32.2. The first-order chi connectivity index (χ1) is 9.82. The van der Waals surface area contributed by atoms with Crippen LogP contribution < -0.4 is 5.73 Å². The maximum absolute atomic E-state index is 12.7. The fourth-order valence-corrected chi connectivity index (χ4v) is 2.46. The Labute approximate surface area is 121 Å². The molecular formula is C12H10F3N3O2S. The van der Waals surface area contributed by atoms with Gasteiger partial charge in [-0.15, -0.1) is 0 Å². The van der Waals surface area contributed by atoms with E-state index in [9.17, 15) is 13.2 Å². The summed E-state index contributed by atoms with van der Waals surface area (Å²) >= 11 is 0.945. The van der Waals surface area contributed by atoms with Gasteiger partial charge in [0.2, 0.25) is 0 Å². The first-order valence-corrected chi connectivity index (χ1v) is 6.42. The zero-order chi connectivity index (χ0) is 15.6. The molecule has 0 aliphatic rings. The van der Waals surface area contributed by atoms with Crippen LogP contribution in [0.25, 0.3) is 0 Å². The summed E-state index contributed by atoms with van der Waals surface area (Å²) in [6.07, 6.45) is -3.17. The van der Waals surface area contributed by atoms with E-state index in [4.69, 9.17) is 15.4 Å². The zero-order valence-corrected chi connectivity index (χ0v) is 11.5. The summed E-state index contributed by atoms with van der Waals surface area (Å²) in [4.78, 5) is 4.14. The van der Waals surface area contributed by atoms with Crippen molar-refractivity contribution in [2.45, 2.75) is 23.0 Å². The minimum atomic E-state index is -4.58. The Morgan fingerprint density at radius 2 is 2.10 bits per heavy atom. The highest BCUT2D eigenvalue weighted by Gasteiger charge is 2.33. The van der Waals surface area contributed by atoms with Gasteiger partial charge in [-0.05, 0) is 25.1 Å². The van der Waals surface area contributed by atoms with Gasteiger partial charge in [0.1, 0.15) is 16.5 Å². The van der Waals surface area contributed by atoms with Crippen LogP contribution in [0.15, 0.2) is 44.0 Å². The first kappa shape index (κ1) is 15.2. The van der Waals surface area contributed by atoms with E-state index in [2.05, 4.69) is 10.1 Å². The van der Waals surface area contributed by atoms with E-state index in [0.717, 1.165) is 23.9 Å². The molecule has 2 aromatic rings. The molecule has 0 spiro atoms. The van der Waals surface area contributed by atoms with Crippen molar-refractivity contribution in [1.82, 2.24) is 4.98 Å². The summed E-state index contributed by atoms with van der Waals surface area (Å²) in [5.41, 5.74) is 4.52. The Bertz CT molecular complexity index is 683. The Kier molecular flexibility index (Phi) is 4.12. The van der Waals surface area contributed by atoms with Gasteiger partial charge in [0.25, 0.3) is 0 Å². The molecule has 3 N–H and O–H groups in total. The van der Waals surface area contributed by atoms with Crippen LogP contribution >= 0.6 is 11.8 Å². The van der Waals surface area contributed by atoms with Crippen molar-refractivity contribution in [2.24, 2.45) is 10.9 Å². The summed E-state index contributed by atoms with van der Waals surface area (Å²) in [5, 5.41) is 11.5. The lowest BCUT2D eigenvalue weighted by molar-refractivity contribution is -0.141. The molecule has 9 heteroatoms. The molecule has 5 nitrogen and oxygen atoms in total. The van der Waals surface area contributed by atoms with E-state index in [0.29, 0.717) is 10.7 Å². The minimum Gasteiger partial charge on any atom is -0.468 e. The molecule has 0 radical (unpaired) electrons. The number of nitrogens with zero attached hydrogens (tertiary/aromatic N) is 2. The predicted octanol–water partition coefficient (Wildman–Crippen LogP) is 3.25. The van der Waals surface area contributed by atoms with Gasteiger partial charge in [0.15, 0.2) is 5.84 Å². The molecule has 0 bridgehead atoms. The number of oxime groups is 1. The monoisotopic (exact) mass is 317 g/mol. The van der Waals surface area contributed by atoms with Crippen LogP contribution in [0.3, 0.4) is 0 Å². The molecule has 0 aliphatic carbocycles. The summed E-state index contributed by atoms with van der Waals surface area (Å²) in [7, 11) is 0. The van der Waals surface area contributed by atoms with Crippen molar-refractivity contribution in [3.63, 3.8) is 0 Å². The lowest BCUT2D eigenvalue weighted by Crippen LogP contribution is -2.17. The van der Waals surface area contributed by atoms with E-state index in [1.165, 1.54) is 6.26 Å². The number of furan rings is 1. The quantitative estimate of drug-likeness (QED) is 0.393. The van der Waals surface area contributed by atoms with E-state index in [1.54, 1.807) is 13.0 Å². The number of nitrogens with two attached hydrogens (primary N) is 1. The van der Waals surface area contributed by atoms with Crippen LogP contribution in [0.5, 0.6) is 0 Å². The van der Waals surface area contributed by atoms with Gasteiger partial charge in [-0.3, -0.25) is 0 Å². The number of alkyl halides is 3. The smallest absolute Gasteiger partial charge is 0.433 e. The molecule has 2 aromatic heterocycles. The van der Waals surface area contributed by atoms with Gasteiger partial charge in [-0.1, -0.05) is 16.9 Å². The molecule has 0 unspecified atom stereocenters. The number of aromatic nitrogens is 1. The summed E-state index contributed by atoms with van der Waals surface area (Å²) < 4.78 is 43.3. The van der Waals surface area contributed by atoms with Gasteiger partial charge in [-0.25, -0.2) is 4.98 Å². The third-order valence-corrected chi connectivity index (χ3v) is 3.70. The number of rotatable bonds is 3. The number of hydrogen-bond donors (Lipinski definition) is 2. The normalized spacial score (nSPS) is 12.7. The van der Waals surface area contributed by atoms with Crippen LogP contribution in [-0.4, -0.2) is 16.0 Å². The third-order valence-electron chi connectivity index (χ3n) is 2.55. The van der Waals surface area contributed by atoms with E-state index < -0.39 is 11.9 Å². The summed E-state index contributed by atoms with van der Waals surface area (Å²) in [5.74, 6) is 0.213. The average molecular weight is 317 g/mol. The van der Waals surface area contributed by atoms with Crippen LogP contribution in [0.4, 0.5) is 13.2 Å². The molecule has 0 aromatic carbocycles. The van der Waals surface area contributed by atoms with E-state index in [-0.39, 0.29) is 16.4 Å². The molecule has 0 aliphatic heterocycles. The second-order valence-electron chi connectivity index (χ2n) is 3.98. The first-order valence-electron chi connectivity index (χ1n) is 5.61. The SMILES string of the molecule is Cc1occc1Sc1nc(C(F)(F)F)ccc1/C(N)=N/O. The fraction of sp³-hybridized carbons (Fsp3) is 0.167. The minimum absolute atomic E-state index is 0.0235. The molecule has 0 saturated heterocycles. The molecule has 112 valence electrons.